The van der Waals surface area contributed by atoms with E-state index in [-0.39, 0.29) is 6.54 Å². The number of carboxylic acids is 1. The minimum atomic E-state index is -1.12. The van der Waals surface area contributed by atoms with E-state index in [0.717, 1.165) is 4.90 Å². The summed E-state index contributed by atoms with van der Waals surface area (Å²) < 4.78 is 5.15. The van der Waals surface area contributed by atoms with Crippen LogP contribution in [0.5, 0.6) is 0 Å². The van der Waals surface area contributed by atoms with Crippen molar-refractivity contribution in [3.8, 4) is 12.3 Å². The Labute approximate surface area is 111 Å². The number of hydrogen-bond acceptors (Lipinski definition) is 3. The van der Waals surface area contributed by atoms with Gasteiger partial charge in [0.15, 0.2) is 6.10 Å². The molecule has 0 bridgehead atoms. The predicted octanol–water partition coefficient (Wildman–Crippen LogP) is 0.920. The molecule has 0 radical (unpaired) electrons. The Morgan fingerprint density at radius 1 is 1.42 bits per heavy atom. The van der Waals surface area contributed by atoms with Gasteiger partial charge in [0.1, 0.15) is 6.54 Å². The molecule has 0 aromatic heterocycles. The van der Waals surface area contributed by atoms with E-state index in [1.807, 2.05) is 6.07 Å². The highest BCUT2D eigenvalue weighted by Gasteiger charge is 2.26. The summed E-state index contributed by atoms with van der Waals surface area (Å²) in [7, 11) is 1.39. The van der Waals surface area contributed by atoms with Gasteiger partial charge in [-0.15, -0.1) is 6.42 Å². The van der Waals surface area contributed by atoms with Gasteiger partial charge >= 0.3 is 5.97 Å². The molecule has 0 aliphatic rings. The van der Waals surface area contributed by atoms with Gasteiger partial charge in [0, 0.05) is 7.11 Å². The molecular weight excluding hydrogens is 246 g/mol. The van der Waals surface area contributed by atoms with Gasteiger partial charge < -0.3 is 14.7 Å². The fourth-order valence-electron chi connectivity index (χ4n) is 1.66. The first kappa shape index (κ1) is 14.7. The molecular formula is C14H15NO4. The van der Waals surface area contributed by atoms with E-state index in [9.17, 15) is 9.59 Å². The summed E-state index contributed by atoms with van der Waals surface area (Å²) in [6.45, 7) is -0.520. The normalized spacial score (nSPS) is 11.4. The molecule has 0 aliphatic heterocycles. The van der Waals surface area contributed by atoms with Crippen molar-refractivity contribution in [3.05, 3.63) is 35.9 Å². The van der Waals surface area contributed by atoms with Gasteiger partial charge in [0.25, 0.3) is 5.91 Å². The van der Waals surface area contributed by atoms with Gasteiger partial charge in [-0.25, -0.2) is 0 Å². The molecule has 1 aromatic carbocycles. The van der Waals surface area contributed by atoms with Crippen molar-refractivity contribution in [2.24, 2.45) is 0 Å². The zero-order valence-corrected chi connectivity index (χ0v) is 10.6. The summed E-state index contributed by atoms with van der Waals surface area (Å²) >= 11 is 0. The molecule has 5 heteroatoms. The number of nitrogens with zero attached hydrogens (tertiary/aromatic N) is 1. The number of amides is 1. The fourth-order valence-corrected chi connectivity index (χ4v) is 1.66. The van der Waals surface area contributed by atoms with Crippen LogP contribution in [0.25, 0.3) is 0 Å². The van der Waals surface area contributed by atoms with Crippen LogP contribution in [0.3, 0.4) is 0 Å². The van der Waals surface area contributed by atoms with Crippen molar-refractivity contribution in [2.75, 3.05) is 20.2 Å². The molecule has 1 aromatic rings. The van der Waals surface area contributed by atoms with Crippen molar-refractivity contribution in [3.63, 3.8) is 0 Å². The van der Waals surface area contributed by atoms with Crippen LogP contribution in [-0.4, -0.2) is 42.1 Å². The fraction of sp³-hybridized carbons (Fsp3) is 0.286. The quantitative estimate of drug-likeness (QED) is 0.773. The lowest BCUT2D eigenvalue weighted by atomic mass is 10.1. The average molecular weight is 261 g/mol. The van der Waals surface area contributed by atoms with Crippen LogP contribution in [0.15, 0.2) is 30.3 Å². The van der Waals surface area contributed by atoms with E-state index in [4.69, 9.17) is 16.3 Å². The Bertz CT molecular complexity index is 478. The summed E-state index contributed by atoms with van der Waals surface area (Å²) in [6, 6.07) is 8.84. The summed E-state index contributed by atoms with van der Waals surface area (Å²) in [5.74, 6) is 0.688. The van der Waals surface area contributed by atoms with Gasteiger partial charge in [-0.05, 0) is 5.56 Å². The maximum Gasteiger partial charge on any atom is 0.323 e. The zero-order chi connectivity index (χ0) is 14.3. The standard InChI is InChI=1S/C14H15NO4/c1-3-9-15(10-12(16)17)14(18)13(19-2)11-7-5-4-6-8-11/h1,4-8,13H,9-10H2,2H3,(H,16,17). The largest absolute Gasteiger partial charge is 0.480 e. The number of aliphatic carboxylic acids is 1. The Balaban J connectivity index is 2.93. The third-order valence-corrected chi connectivity index (χ3v) is 2.48. The average Bonchev–Trinajstić information content (AvgIpc) is 2.39. The Kier molecular flexibility index (Phi) is 5.58. The van der Waals surface area contributed by atoms with E-state index in [1.54, 1.807) is 24.3 Å². The first-order valence-corrected chi connectivity index (χ1v) is 5.62. The number of hydrogen-bond donors (Lipinski definition) is 1. The lowest BCUT2D eigenvalue weighted by molar-refractivity contribution is -0.149. The van der Waals surface area contributed by atoms with Crippen molar-refractivity contribution in [1.29, 1.82) is 0 Å². The maximum absolute atomic E-state index is 12.2. The second-order valence-corrected chi connectivity index (χ2v) is 3.82. The van der Waals surface area contributed by atoms with Crippen molar-refractivity contribution < 1.29 is 19.4 Å². The lowest BCUT2D eigenvalue weighted by Gasteiger charge is -2.23. The molecule has 1 amide bonds. The molecule has 0 fully saturated rings. The summed E-state index contributed by atoms with van der Waals surface area (Å²) in [4.78, 5) is 24.0. The number of carboxylic acid groups (broad SMARTS) is 1. The minimum Gasteiger partial charge on any atom is -0.480 e. The monoisotopic (exact) mass is 261 g/mol. The number of rotatable bonds is 6. The predicted molar refractivity (Wildman–Crippen MR) is 69.2 cm³/mol. The molecule has 0 saturated carbocycles. The molecule has 1 N–H and O–H groups in total. The topological polar surface area (TPSA) is 66.8 Å². The minimum absolute atomic E-state index is 0.0716. The van der Waals surface area contributed by atoms with Gasteiger partial charge in [-0.2, -0.15) is 0 Å². The second-order valence-electron chi connectivity index (χ2n) is 3.82. The SMILES string of the molecule is C#CCN(CC(=O)O)C(=O)C(OC)c1ccccc1. The molecule has 1 rings (SSSR count). The number of methoxy groups -OCH3 is 1. The van der Waals surface area contributed by atoms with E-state index in [2.05, 4.69) is 5.92 Å². The maximum atomic E-state index is 12.2. The second kappa shape index (κ2) is 7.19. The molecule has 19 heavy (non-hydrogen) atoms. The number of benzene rings is 1. The first-order valence-electron chi connectivity index (χ1n) is 5.62. The summed E-state index contributed by atoms with van der Waals surface area (Å²) in [5.41, 5.74) is 0.655. The number of terminal acetylenes is 1. The van der Waals surface area contributed by atoms with Gasteiger partial charge in [-0.1, -0.05) is 36.3 Å². The van der Waals surface area contributed by atoms with Crippen molar-refractivity contribution >= 4 is 11.9 Å². The first-order chi connectivity index (χ1) is 9.10. The van der Waals surface area contributed by atoms with Crippen LogP contribution in [0, 0.1) is 12.3 Å². The number of carbonyl (C=O) groups excluding carboxylic acids is 1. The molecule has 1 atom stereocenters. The van der Waals surface area contributed by atoms with Crippen molar-refractivity contribution in [2.45, 2.75) is 6.10 Å². The van der Waals surface area contributed by atoms with E-state index >= 15 is 0 Å². The van der Waals surface area contributed by atoms with Gasteiger partial charge in [0.2, 0.25) is 0 Å². The van der Waals surface area contributed by atoms with E-state index in [0.29, 0.717) is 5.56 Å². The third kappa shape index (κ3) is 4.12. The smallest absolute Gasteiger partial charge is 0.323 e. The van der Waals surface area contributed by atoms with Crippen LogP contribution < -0.4 is 0 Å². The molecule has 0 aliphatic carbocycles. The highest BCUT2D eigenvalue weighted by Crippen LogP contribution is 2.18. The molecule has 0 heterocycles. The van der Waals surface area contributed by atoms with E-state index in [1.165, 1.54) is 7.11 Å². The molecule has 0 spiro atoms. The van der Waals surface area contributed by atoms with Crippen LogP contribution in [-0.2, 0) is 14.3 Å². The summed E-state index contributed by atoms with van der Waals surface area (Å²) in [6.07, 6.45) is 4.29. The number of carbonyl (C=O) groups is 2. The lowest BCUT2D eigenvalue weighted by Crippen LogP contribution is -2.39. The van der Waals surface area contributed by atoms with Crippen LogP contribution >= 0.6 is 0 Å². The highest BCUT2D eigenvalue weighted by atomic mass is 16.5. The number of ether oxygens (including phenoxy) is 1. The molecule has 5 nitrogen and oxygen atoms in total. The highest BCUT2D eigenvalue weighted by molar-refractivity contribution is 5.85. The Morgan fingerprint density at radius 2 is 2.05 bits per heavy atom. The van der Waals surface area contributed by atoms with Crippen molar-refractivity contribution in [1.82, 2.24) is 4.90 Å². The van der Waals surface area contributed by atoms with Gasteiger partial charge in [0.05, 0.1) is 6.54 Å². The third-order valence-electron chi connectivity index (χ3n) is 2.48. The van der Waals surface area contributed by atoms with Crippen LogP contribution in [0.4, 0.5) is 0 Å². The Hall–Kier alpha value is -2.32. The Morgan fingerprint density at radius 3 is 2.53 bits per heavy atom. The van der Waals surface area contributed by atoms with Crippen LogP contribution in [0.1, 0.15) is 11.7 Å². The molecule has 100 valence electrons. The summed E-state index contributed by atoms with van der Waals surface area (Å²) in [5, 5.41) is 8.78. The van der Waals surface area contributed by atoms with Crippen LogP contribution in [0.2, 0.25) is 0 Å². The van der Waals surface area contributed by atoms with E-state index < -0.39 is 24.5 Å². The molecule has 0 saturated heterocycles. The molecule has 1 unspecified atom stereocenters. The zero-order valence-electron chi connectivity index (χ0n) is 10.6. The van der Waals surface area contributed by atoms with Gasteiger partial charge in [-0.3, -0.25) is 9.59 Å².